The third-order valence-electron chi connectivity index (χ3n) is 2.51. The smallest absolute Gasteiger partial charge is 0.122 e. The molecule has 4 heteroatoms. The molecule has 0 aliphatic carbocycles. The van der Waals surface area contributed by atoms with Gasteiger partial charge in [-0.2, -0.15) is 0 Å². The molecule has 0 atom stereocenters. The van der Waals surface area contributed by atoms with Gasteiger partial charge in [-0.05, 0) is 44.3 Å². The molecule has 4 nitrogen and oxygen atoms in total. The first-order valence-electron chi connectivity index (χ1n) is 5.89. The van der Waals surface area contributed by atoms with Crippen molar-refractivity contribution in [1.29, 1.82) is 5.41 Å². The highest BCUT2D eigenvalue weighted by Gasteiger charge is 1.99. The minimum atomic E-state index is 0.0826. The molecule has 0 saturated heterocycles. The normalized spacial score (nSPS) is 10.5. The first-order valence-corrected chi connectivity index (χ1v) is 5.89. The topological polar surface area (TPSA) is 62.3 Å². The first kappa shape index (κ1) is 13.5. The van der Waals surface area contributed by atoms with Crippen molar-refractivity contribution in [3.8, 4) is 5.75 Å². The second kappa shape index (κ2) is 6.91. The molecule has 1 aromatic rings. The summed E-state index contributed by atoms with van der Waals surface area (Å²) in [5.41, 5.74) is 6.10. The van der Waals surface area contributed by atoms with E-state index in [1.165, 1.54) is 0 Å². The summed E-state index contributed by atoms with van der Waals surface area (Å²) in [5.74, 6) is 0.902. The maximum atomic E-state index is 7.28. The van der Waals surface area contributed by atoms with Crippen molar-refractivity contribution in [3.05, 3.63) is 29.8 Å². The molecule has 0 amide bonds. The van der Waals surface area contributed by atoms with Gasteiger partial charge in [-0.15, -0.1) is 0 Å². The standard InChI is InChI=1S/C13H21N3O/c1-3-8-16(2)9-10-17-12-6-4-11(5-7-12)13(14)15/h4-7H,3,8-10H2,1-2H3,(H3,14,15). The largest absolute Gasteiger partial charge is 0.492 e. The van der Waals surface area contributed by atoms with E-state index in [-0.39, 0.29) is 5.84 Å². The van der Waals surface area contributed by atoms with E-state index in [1.54, 1.807) is 12.1 Å². The Bertz CT molecular complexity index is 348. The van der Waals surface area contributed by atoms with Gasteiger partial charge in [0, 0.05) is 12.1 Å². The molecule has 17 heavy (non-hydrogen) atoms. The van der Waals surface area contributed by atoms with E-state index in [4.69, 9.17) is 15.9 Å². The number of nitrogen functional groups attached to an aromatic ring is 1. The molecule has 94 valence electrons. The van der Waals surface area contributed by atoms with Crippen molar-refractivity contribution in [1.82, 2.24) is 4.90 Å². The second-order valence-electron chi connectivity index (χ2n) is 4.09. The Morgan fingerprint density at radius 2 is 1.94 bits per heavy atom. The van der Waals surface area contributed by atoms with E-state index in [0.29, 0.717) is 6.61 Å². The van der Waals surface area contributed by atoms with Gasteiger partial charge in [-0.3, -0.25) is 5.41 Å². The molecule has 0 aliphatic heterocycles. The van der Waals surface area contributed by atoms with Gasteiger partial charge in [-0.25, -0.2) is 0 Å². The van der Waals surface area contributed by atoms with Gasteiger partial charge in [0.25, 0.3) is 0 Å². The van der Waals surface area contributed by atoms with Gasteiger partial charge in [-0.1, -0.05) is 6.92 Å². The van der Waals surface area contributed by atoms with E-state index in [9.17, 15) is 0 Å². The molecule has 0 unspecified atom stereocenters. The number of hydrogen-bond acceptors (Lipinski definition) is 3. The summed E-state index contributed by atoms with van der Waals surface area (Å²) in [4.78, 5) is 2.24. The van der Waals surface area contributed by atoms with Crippen LogP contribution in [0.2, 0.25) is 0 Å². The van der Waals surface area contributed by atoms with Crippen LogP contribution in [0.15, 0.2) is 24.3 Å². The third kappa shape index (κ3) is 4.87. The zero-order valence-electron chi connectivity index (χ0n) is 10.6. The molecule has 0 saturated carbocycles. The van der Waals surface area contributed by atoms with E-state index in [2.05, 4.69) is 18.9 Å². The van der Waals surface area contributed by atoms with E-state index >= 15 is 0 Å². The fraction of sp³-hybridized carbons (Fsp3) is 0.462. The van der Waals surface area contributed by atoms with Gasteiger partial charge in [0.2, 0.25) is 0 Å². The maximum absolute atomic E-state index is 7.28. The van der Waals surface area contributed by atoms with Crippen LogP contribution >= 0.6 is 0 Å². The quantitative estimate of drug-likeness (QED) is 0.558. The Balaban J connectivity index is 2.34. The van der Waals surface area contributed by atoms with Gasteiger partial charge in [0.05, 0.1) is 0 Å². The molecule has 1 rings (SSSR count). The minimum Gasteiger partial charge on any atom is -0.492 e. The summed E-state index contributed by atoms with van der Waals surface area (Å²) in [6.45, 7) is 4.85. The highest BCUT2D eigenvalue weighted by molar-refractivity contribution is 5.94. The van der Waals surface area contributed by atoms with Gasteiger partial charge >= 0.3 is 0 Å². The molecular weight excluding hydrogens is 214 g/mol. The van der Waals surface area contributed by atoms with Crippen molar-refractivity contribution in [2.45, 2.75) is 13.3 Å². The SMILES string of the molecule is CCCN(C)CCOc1ccc(C(=N)N)cc1. The molecule has 0 fully saturated rings. The fourth-order valence-electron chi connectivity index (χ4n) is 1.54. The van der Waals surface area contributed by atoms with Crippen LogP contribution in [0.3, 0.4) is 0 Å². The molecular formula is C13H21N3O. The number of hydrogen-bond donors (Lipinski definition) is 2. The van der Waals surface area contributed by atoms with Crippen molar-refractivity contribution in [2.75, 3.05) is 26.7 Å². The highest BCUT2D eigenvalue weighted by Crippen LogP contribution is 2.11. The van der Waals surface area contributed by atoms with Gasteiger partial charge < -0.3 is 15.4 Å². The minimum absolute atomic E-state index is 0.0826. The van der Waals surface area contributed by atoms with Gasteiger partial charge in [0.15, 0.2) is 0 Å². The van der Waals surface area contributed by atoms with Crippen LogP contribution in [0.4, 0.5) is 0 Å². The number of nitrogens with two attached hydrogens (primary N) is 1. The maximum Gasteiger partial charge on any atom is 0.122 e. The van der Waals surface area contributed by atoms with Crippen LogP contribution < -0.4 is 10.5 Å². The Labute approximate surface area is 103 Å². The predicted molar refractivity (Wildman–Crippen MR) is 70.7 cm³/mol. The highest BCUT2D eigenvalue weighted by atomic mass is 16.5. The summed E-state index contributed by atoms with van der Waals surface area (Å²) in [5, 5.41) is 7.28. The molecule has 3 N–H and O–H groups in total. The summed E-state index contributed by atoms with van der Waals surface area (Å²) in [6.07, 6.45) is 1.16. The van der Waals surface area contributed by atoms with Crippen molar-refractivity contribution < 1.29 is 4.74 Å². The molecule has 0 spiro atoms. The number of rotatable bonds is 7. The number of ether oxygens (including phenoxy) is 1. The van der Waals surface area contributed by atoms with Crippen molar-refractivity contribution >= 4 is 5.84 Å². The lowest BCUT2D eigenvalue weighted by Gasteiger charge is -2.15. The lowest BCUT2D eigenvalue weighted by molar-refractivity contribution is 0.237. The van der Waals surface area contributed by atoms with E-state index in [0.717, 1.165) is 30.8 Å². The molecule has 0 heterocycles. The van der Waals surface area contributed by atoms with E-state index in [1.807, 2.05) is 12.1 Å². The Morgan fingerprint density at radius 3 is 2.47 bits per heavy atom. The first-order chi connectivity index (χ1) is 8.13. The number of benzene rings is 1. The second-order valence-corrected chi connectivity index (χ2v) is 4.09. The van der Waals surface area contributed by atoms with Crippen LogP contribution in [-0.2, 0) is 0 Å². The lowest BCUT2D eigenvalue weighted by Crippen LogP contribution is -2.24. The predicted octanol–water partition coefficient (Wildman–Crippen LogP) is 1.69. The molecule has 0 aromatic heterocycles. The molecule has 0 radical (unpaired) electrons. The van der Waals surface area contributed by atoms with E-state index < -0.39 is 0 Å². The number of likely N-dealkylation sites (N-methyl/N-ethyl adjacent to an activating group) is 1. The molecule has 0 bridgehead atoms. The number of nitrogens with one attached hydrogen (secondary N) is 1. The Morgan fingerprint density at radius 1 is 1.29 bits per heavy atom. The van der Waals surface area contributed by atoms with Crippen LogP contribution in [0.25, 0.3) is 0 Å². The van der Waals surface area contributed by atoms with Crippen LogP contribution in [0.5, 0.6) is 5.75 Å². The summed E-state index contributed by atoms with van der Waals surface area (Å²) in [7, 11) is 2.09. The van der Waals surface area contributed by atoms with Crippen LogP contribution in [0.1, 0.15) is 18.9 Å². The number of nitrogens with zero attached hydrogens (tertiary/aromatic N) is 1. The Hall–Kier alpha value is -1.55. The van der Waals surface area contributed by atoms with Crippen molar-refractivity contribution in [2.24, 2.45) is 5.73 Å². The summed E-state index contributed by atoms with van der Waals surface area (Å²) in [6, 6.07) is 7.29. The average molecular weight is 235 g/mol. The van der Waals surface area contributed by atoms with Crippen molar-refractivity contribution in [3.63, 3.8) is 0 Å². The summed E-state index contributed by atoms with van der Waals surface area (Å²) >= 11 is 0. The lowest BCUT2D eigenvalue weighted by atomic mass is 10.2. The van der Waals surface area contributed by atoms with Crippen LogP contribution in [-0.4, -0.2) is 37.5 Å². The zero-order valence-corrected chi connectivity index (χ0v) is 10.6. The fourth-order valence-corrected chi connectivity index (χ4v) is 1.54. The average Bonchev–Trinajstić information content (AvgIpc) is 2.30. The summed E-state index contributed by atoms with van der Waals surface area (Å²) < 4.78 is 5.60. The van der Waals surface area contributed by atoms with Crippen LogP contribution in [0, 0.1) is 5.41 Å². The monoisotopic (exact) mass is 235 g/mol. The molecule has 1 aromatic carbocycles. The third-order valence-corrected chi connectivity index (χ3v) is 2.51. The van der Waals surface area contributed by atoms with Gasteiger partial charge in [0.1, 0.15) is 18.2 Å². The Kier molecular flexibility index (Phi) is 5.49. The molecule has 0 aliphatic rings. The number of amidine groups is 1. The zero-order chi connectivity index (χ0) is 12.7.